The van der Waals surface area contributed by atoms with Crippen molar-refractivity contribution in [1.82, 2.24) is 4.90 Å². The number of carbonyl (C=O) groups is 2. The molecule has 0 aliphatic carbocycles. The van der Waals surface area contributed by atoms with Crippen molar-refractivity contribution in [3.05, 3.63) is 59.7 Å². The van der Waals surface area contributed by atoms with Gasteiger partial charge >= 0.3 is 0 Å². The van der Waals surface area contributed by atoms with Crippen LogP contribution in [0.25, 0.3) is 0 Å². The van der Waals surface area contributed by atoms with Gasteiger partial charge in [-0.2, -0.15) is 0 Å². The maximum atomic E-state index is 12.7. The van der Waals surface area contributed by atoms with Crippen LogP contribution in [-0.4, -0.2) is 41.9 Å². The van der Waals surface area contributed by atoms with Crippen molar-refractivity contribution in [2.45, 2.75) is 25.8 Å². The van der Waals surface area contributed by atoms with E-state index in [2.05, 4.69) is 5.32 Å². The van der Waals surface area contributed by atoms with Gasteiger partial charge in [0.05, 0.1) is 24.7 Å². The predicted octanol–water partition coefficient (Wildman–Crippen LogP) is 4.04. The summed E-state index contributed by atoms with van der Waals surface area (Å²) >= 11 is 1.36. The highest BCUT2D eigenvalue weighted by molar-refractivity contribution is 8.00. The second-order valence-electron chi connectivity index (χ2n) is 6.93. The SMILES string of the molecule is COc1ccc(C2CCCN2C(=O)CSCC(=O)Nc2ccc(C)cc2)cc1. The number of hydrogen-bond donors (Lipinski definition) is 1. The number of ether oxygens (including phenoxy) is 1. The number of benzene rings is 2. The molecule has 0 radical (unpaired) electrons. The van der Waals surface area contributed by atoms with Crippen LogP contribution >= 0.6 is 11.8 Å². The van der Waals surface area contributed by atoms with Gasteiger partial charge in [-0.25, -0.2) is 0 Å². The number of aryl methyl sites for hydroxylation is 1. The number of hydrogen-bond acceptors (Lipinski definition) is 4. The van der Waals surface area contributed by atoms with Gasteiger partial charge in [0.1, 0.15) is 5.75 Å². The van der Waals surface area contributed by atoms with Crippen molar-refractivity contribution in [1.29, 1.82) is 0 Å². The highest BCUT2D eigenvalue weighted by Crippen LogP contribution is 2.33. The zero-order valence-corrected chi connectivity index (χ0v) is 17.1. The van der Waals surface area contributed by atoms with E-state index < -0.39 is 0 Å². The number of methoxy groups -OCH3 is 1. The first-order valence-electron chi connectivity index (χ1n) is 9.44. The molecular formula is C22H26N2O3S. The molecule has 1 aliphatic rings. The smallest absolute Gasteiger partial charge is 0.234 e. The van der Waals surface area contributed by atoms with Crippen LogP contribution < -0.4 is 10.1 Å². The molecule has 0 aromatic heterocycles. The molecule has 2 aromatic rings. The topological polar surface area (TPSA) is 58.6 Å². The third-order valence-corrected chi connectivity index (χ3v) is 5.79. The molecule has 1 aliphatic heterocycles. The predicted molar refractivity (Wildman–Crippen MR) is 114 cm³/mol. The first-order valence-corrected chi connectivity index (χ1v) is 10.6. The summed E-state index contributed by atoms with van der Waals surface area (Å²) in [5.74, 6) is 1.39. The van der Waals surface area contributed by atoms with Gasteiger partial charge in [-0.15, -0.1) is 11.8 Å². The third-order valence-electron chi connectivity index (χ3n) is 4.87. The van der Waals surface area contributed by atoms with E-state index in [4.69, 9.17) is 4.74 Å². The Hall–Kier alpha value is -2.47. The van der Waals surface area contributed by atoms with Crippen LogP contribution in [0.5, 0.6) is 5.75 Å². The second kappa shape index (κ2) is 9.64. The minimum atomic E-state index is -0.0882. The number of nitrogens with zero attached hydrogens (tertiary/aromatic N) is 1. The first-order chi connectivity index (χ1) is 13.6. The normalized spacial score (nSPS) is 16.1. The Morgan fingerprint density at radius 1 is 1.11 bits per heavy atom. The monoisotopic (exact) mass is 398 g/mol. The van der Waals surface area contributed by atoms with Gasteiger partial charge in [-0.1, -0.05) is 29.8 Å². The largest absolute Gasteiger partial charge is 0.497 e. The second-order valence-corrected chi connectivity index (χ2v) is 7.91. The Kier molecular flexibility index (Phi) is 6.98. The lowest BCUT2D eigenvalue weighted by atomic mass is 10.0. The maximum Gasteiger partial charge on any atom is 0.234 e. The van der Waals surface area contributed by atoms with Gasteiger partial charge in [0, 0.05) is 12.2 Å². The fourth-order valence-corrected chi connectivity index (χ4v) is 4.09. The fourth-order valence-electron chi connectivity index (χ4n) is 3.39. The summed E-state index contributed by atoms with van der Waals surface area (Å²) < 4.78 is 5.21. The number of thioether (sulfide) groups is 1. The maximum absolute atomic E-state index is 12.7. The summed E-state index contributed by atoms with van der Waals surface area (Å²) in [5.41, 5.74) is 3.06. The summed E-state index contributed by atoms with van der Waals surface area (Å²) in [5, 5.41) is 2.86. The Morgan fingerprint density at radius 2 is 1.82 bits per heavy atom. The fraction of sp³-hybridized carbons (Fsp3) is 0.364. The molecule has 0 spiro atoms. The van der Waals surface area contributed by atoms with Crippen molar-refractivity contribution < 1.29 is 14.3 Å². The average molecular weight is 399 g/mol. The van der Waals surface area contributed by atoms with E-state index in [1.165, 1.54) is 11.8 Å². The third kappa shape index (κ3) is 5.29. The van der Waals surface area contributed by atoms with E-state index in [0.717, 1.165) is 42.0 Å². The molecule has 1 saturated heterocycles. The molecule has 1 fully saturated rings. The van der Waals surface area contributed by atoms with Gasteiger partial charge in [-0.3, -0.25) is 9.59 Å². The molecule has 5 nitrogen and oxygen atoms in total. The van der Waals surface area contributed by atoms with E-state index in [-0.39, 0.29) is 23.6 Å². The zero-order chi connectivity index (χ0) is 19.9. The Morgan fingerprint density at radius 3 is 2.50 bits per heavy atom. The van der Waals surface area contributed by atoms with Crippen molar-refractivity contribution in [2.24, 2.45) is 0 Å². The van der Waals surface area contributed by atoms with Gasteiger partial charge in [0.15, 0.2) is 0 Å². The highest BCUT2D eigenvalue weighted by atomic mass is 32.2. The Balaban J connectivity index is 1.48. The minimum absolute atomic E-state index is 0.0882. The Bertz CT molecular complexity index is 806. The van der Waals surface area contributed by atoms with Crippen LogP contribution in [0.2, 0.25) is 0 Å². The lowest BCUT2D eigenvalue weighted by Crippen LogP contribution is -2.32. The van der Waals surface area contributed by atoms with Crippen molar-refractivity contribution in [3.8, 4) is 5.75 Å². The standard InChI is InChI=1S/C22H26N2O3S/c1-16-5-9-18(10-6-16)23-21(25)14-28-15-22(26)24-13-3-4-20(24)17-7-11-19(27-2)12-8-17/h5-12,20H,3-4,13-15H2,1-2H3,(H,23,25). The molecule has 1 N–H and O–H groups in total. The lowest BCUT2D eigenvalue weighted by Gasteiger charge is -2.25. The van der Waals surface area contributed by atoms with Crippen LogP contribution in [0.15, 0.2) is 48.5 Å². The number of nitrogens with one attached hydrogen (secondary N) is 1. The van der Waals surface area contributed by atoms with Crippen LogP contribution in [0, 0.1) is 6.92 Å². The lowest BCUT2D eigenvalue weighted by molar-refractivity contribution is -0.129. The molecule has 2 amide bonds. The van der Waals surface area contributed by atoms with E-state index in [1.54, 1.807) is 7.11 Å². The quantitative estimate of drug-likeness (QED) is 0.765. The molecule has 28 heavy (non-hydrogen) atoms. The molecule has 1 unspecified atom stereocenters. The highest BCUT2D eigenvalue weighted by Gasteiger charge is 2.29. The summed E-state index contributed by atoms with van der Waals surface area (Å²) in [6.45, 7) is 2.77. The molecule has 6 heteroatoms. The first kappa shape index (κ1) is 20.3. The zero-order valence-electron chi connectivity index (χ0n) is 16.3. The van der Waals surface area contributed by atoms with Gasteiger partial charge in [0.2, 0.25) is 11.8 Å². The van der Waals surface area contributed by atoms with Gasteiger partial charge < -0.3 is 15.0 Å². The molecule has 148 valence electrons. The summed E-state index contributed by atoms with van der Waals surface area (Å²) in [7, 11) is 1.65. The molecule has 0 saturated carbocycles. The molecule has 3 rings (SSSR count). The van der Waals surface area contributed by atoms with Crippen LogP contribution in [0.3, 0.4) is 0 Å². The molecule has 1 heterocycles. The van der Waals surface area contributed by atoms with E-state index in [1.807, 2.05) is 60.4 Å². The number of likely N-dealkylation sites (tertiary alicyclic amines) is 1. The van der Waals surface area contributed by atoms with Gasteiger partial charge in [0.25, 0.3) is 0 Å². The van der Waals surface area contributed by atoms with Crippen molar-refractivity contribution in [2.75, 3.05) is 30.5 Å². The number of amides is 2. The van der Waals surface area contributed by atoms with E-state index in [0.29, 0.717) is 5.75 Å². The molecule has 1 atom stereocenters. The van der Waals surface area contributed by atoms with Crippen LogP contribution in [0.4, 0.5) is 5.69 Å². The molecular weight excluding hydrogens is 372 g/mol. The summed E-state index contributed by atoms with van der Waals surface area (Å²) in [4.78, 5) is 26.7. The van der Waals surface area contributed by atoms with Crippen LogP contribution in [0.1, 0.15) is 30.0 Å². The van der Waals surface area contributed by atoms with Crippen molar-refractivity contribution in [3.63, 3.8) is 0 Å². The van der Waals surface area contributed by atoms with E-state index >= 15 is 0 Å². The summed E-state index contributed by atoms with van der Waals surface area (Å²) in [6.07, 6.45) is 1.97. The van der Waals surface area contributed by atoms with E-state index in [9.17, 15) is 9.59 Å². The van der Waals surface area contributed by atoms with Gasteiger partial charge in [-0.05, 0) is 49.6 Å². The van der Waals surface area contributed by atoms with Crippen LogP contribution in [-0.2, 0) is 9.59 Å². The minimum Gasteiger partial charge on any atom is -0.497 e. The number of rotatable bonds is 7. The molecule has 2 aromatic carbocycles. The van der Waals surface area contributed by atoms with Crippen molar-refractivity contribution >= 4 is 29.3 Å². The average Bonchev–Trinajstić information content (AvgIpc) is 3.20. The summed E-state index contributed by atoms with van der Waals surface area (Å²) in [6, 6.07) is 15.7. The number of carbonyl (C=O) groups excluding carboxylic acids is 2. The number of anilines is 1. The Labute approximate surface area is 170 Å². The molecule has 0 bridgehead atoms.